The minimum atomic E-state index is -0.879. The molecule has 0 spiro atoms. The van der Waals surface area contributed by atoms with Crippen LogP contribution in [0.4, 0.5) is 0 Å². The molecule has 0 radical (unpaired) electrons. The number of unbranched alkanes of at least 4 members (excludes halogenated alkanes) is 2. The van der Waals surface area contributed by atoms with Gasteiger partial charge in [0.1, 0.15) is 6.04 Å². The van der Waals surface area contributed by atoms with Crippen LogP contribution in [0.15, 0.2) is 0 Å². The minimum Gasteiger partial charge on any atom is -0.464 e. The molecule has 0 aliphatic carbocycles. The van der Waals surface area contributed by atoms with Crippen molar-refractivity contribution in [3.8, 4) is 0 Å². The van der Waals surface area contributed by atoms with Crippen molar-refractivity contribution in [2.75, 3.05) is 32.1 Å². The molecule has 0 saturated carbocycles. The Labute approximate surface area is 189 Å². The normalized spacial score (nSPS) is 16.3. The molecule has 1 amide bonds. The highest BCUT2D eigenvalue weighted by atomic mass is 32.2. The van der Waals surface area contributed by atoms with Gasteiger partial charge in [0.15, 0.2) is 5.12 Å². The Bertz CT molecular complexity index is 663. The van der Waals surface area contributed by atoms with Gasteiger partial charge in [-0.3, -0.25) is 9.59 Å². The Morgan fingerprint density at radius 2 is 1.62 bits per heavy atom. The molecule has 1 aliphatic rings. The smallest absolute Gasteiger partial charge is 0.328 e. The first-order valence-electron chi connectivity index (χ1n) is 10.4. The number of hydrogen-bond acceptors (Lipinski definition) is 11. The molecule has 182 valence electrons. The number of esters is 1. The topological polar surface area (TPSA) is 168 Å². The van der Waals surface area contributed by atoms with Gasteiger partial charge in [0.25, 0.3) is 10.2 Å². The maximum atomic E-state index is 12.7. The summed E-state index contributed by atoms with van der Waals surface area (Å²) in [6.07, 6.45) is 3.04. The highest BCUT2D eigenvalue weighted by molar-refractivity contribution is 8.13. The summed E-state index contributed by atoms with van der Waals surface area (Å²) in [4.78, 5) is 67.0. The number of amides is 1. The predicted molar refractivity (Wildman–Crippen MR) is 111 cm³/mol. The number of likely N-dealkylation sites (tertiary alicyclic amines) is 1. The first kappa shape index (κ1) is 27.4. The molecule has 0 aromatic carbocycles. The van der Waals surface area contributed by atoms with Crippen molar-refractivity contribution in [2.45, 2.75) is 57.9 Å². The predicted octanol–water partition coefficient (Wildman–Crippen LogP) is 1.78. The fourth-order valence-corrected chi connectivity index (χ4v) is 3.91. The molecule has 0 unspecified atom stereocenters. The largest absolute Gasteiger partial charge is 0.464 e. The van der Waals surface area contributed by atoms with Crippen LogP contribution in [0.5, 0.6) is 0 Å². The minimum absolute atomic E-state index is 0.0566. The maximum absolute atomic E-state index is 12.7. The second-order valence-electron chi connectivity index (χ2n) is 7.22. The zero-order chi connectivity index (χ0) is 23.9. The van der Waals surface area contributed by atoms with E-state index in [2.05, 4.69) is 9.68 Å². The first-order valence-corrected chi connectivity index (χ1v) is 11.4. The Morgan fingerprint density at radius 1 is 1.03 bits per heavy atom. The fraction of sp³-hybridized carbons (Fsp3) is 0.833. The molecule has 0 aromatic heterocycles. The van der Waals surface area contributed by atoms with E-state index >= 15 is 0 Å². The van der Waals surface area contributed by atoms with Gasteiger partial charge in [-0.15, -0.1) is 20.2 Å². The van der Waals surface area contributed by atoms with Crippen molar-refractivity contribution in [3.05, 3.63) is 20.2 Å². The molecule has 0 aromatic rings. The van der Waals surface area contributed by atoms with Crippen molar-refractivity contribution in [3.63, 3.8) is 0 Å². The molecule has 1 aliphatic heterocycles. The molecule has 32 heavy (non-hydrogen) atoms. The summed E-state index contributed by atoms with van der Waals surface area (Å²) >= 11 is 1.03. The van der Waals surface area contributed by atoms with E-state index in [1.807, 2.05) is 0 Å². The van der Waals surface area contributed by atoms with Crippen molar-refractivity contribution in [2.24, 2.45) is 5.92 Å². The van der Waals surface area contributed by atoms with Crippen molar-refractivity contribution in [1.29, 1.82) is 0 Å². The van der Waals surface area contributed by atoms with Gasteiger partial charge in [0.05, 0.1) is 19.8 Å². The number of ether oxygens (including phenoxy) is 1. The Kier molecular flexibility index (Phi) is 13.0. The molecule has 1 saturated heterocycles. The summed E-state index contributed by atoms with van der Waals surface area (Å²) in [5.41, 5.74) is 0. The summed E-state index contributed by atoms with van der Waals surface area (Å²) < 4.78 is 5.20. The highest BCUT2D eigenvalue weighted by Gasteiger charge is 2.36. The van der Waals surface area contributed by atoms with E-state index in [1.165, 1.54) is 4.90 Å². The number of hydrogen-bond donors (Lipinski definition) is 0. The van der Waals surface area contributed by atoms with Gasteiger partial charge < -0.3 is 19.3 Å². The van der Waals surface area contributed by atoms with E-state index < -0.39 is 28.1 Å². The van der Waals surface area contributed by atoms with Crippen LogP contribution in [0.25, 0.3) is 0 Å². The second-order valence-corrected chi connectivity index (χ2v) is 8.30. The van der Waals surface area contributed by atoms with E-state index in [9.17, 15) is 34.6 Å². The van der Waals surface area contributed by atoms with Gasteiger partial charge in [-0.05, 0) is 38.5 Å². The van der Waals surface area contributed by atoms with Gasteiger partial charge in [-0.1, -0.05) is 18.7 Å². The Balaban J connectivity index is 2.30. The van der Waals surface area contributed by atoms with Crippen molar-refractivity contribution < 1.29 is 39.0 Å². The van der Waals surface area contributed by atoms with E-state index in [-0.39, 0.29) is 43.0 Å². The lowest BCUT2D eigenvalue weighted by atomic mass is 10.1. The average molecular weight is 480 g/mol. The number of rotatable bonds is 16. The highest BCUT2D eigenvalue weighted by Crippen LogP contribution is 2.23. The number of nitrogens with zero attached hydrogens (tertiary/aromatic N) is 3. The summed E-state index contributed by atoms with van der Waals surface area (Å²) in [5, 5.41) is 18.2. The molecule has 0 bridgehead atoms. The molecule has 14 heteroatoms. The second kappa shape index (κ2) is 15.2. The van der Waals surface area contributed by atoms with Crippen LogP contribution < -0.4 is 0 Å². The van der Waals surface area contributed by atoms with E-state index in [4.69, 9.17) is 4.74 Å². The monoisotopic (exact) mass is 479 g/mol. The van der Waals surface area contributed by atoms with Gasteiger partial charge in [0, 0.05) is 24.6 Å². The summed E-state index contributed by atoms with van der Waals surface area (Å²) in [6.45, 7) is 2.10. The molecular formula is C18H29N3O10S. The summed E-state index contributed by atoms with van der Waals surface area (Å²) in [5.74, 6) is -0.908. The molecule has 1 rings (SSSR count). The van der Waals surface area contributed by atoms with Crippen LogP contribution >= 0.6 is 11.8 Å². The number of carbonyl (C=O) groups excluding carboxylic acids is 3. The molecule has 1 heterocycles. The summed E-state index contributed by atoms with van der Waals surface area (Å²) in [6, 6.07) is -0.665. The zero-order valence-electron chi connectivity index (χ0n) is 18.0. The lowest BCUT2D eigenvalue weighted by Gasteiger charge is -2.26. The standard InChI is InChI=1S/C18H29N3O10S/c1-14(13-32-16(22)8-2-3-11-30-20(25)26)17(23)19-9-6-7-15(19)18(24)29-10-4-5-12-31-21(27)28/h14-15H,2-13H2,1H3/t14-,15+/m1/s1. The third-order valence-electron chi connectivity index (χ3n) is 4.68. The van der Waals surface area contributed by atoms with E-state index in [1.54, 1.807) is 6.92 Å². The quantitative estimate of drug-likeness (QED) is 0.137. The molecule has 0 N–H and O–H groups in total. The van der Waals surface area contributed by atoms with E-state index in [0.717, 1.165) is 11.8 Å². The van der Waals surface area contributed by atoms with Crippen LogP contribution in [0, 0.1) is 26.1 Å². The lowest BCUT2D eigenvalue weighted by molar-refractivity contribution is -0.757. The lowest BCUT2D eigenvalue weighted by Crippen LogP contribution is -2.44. The third-order valence-corrected chi connectivity index (χ3v) is 5.87. The first-order chi connectivity index (χ1) is 15.2. The van der Waals surface area contributed by atoms with Crippen molar-refractivity contribution in [1.82, 2.24) is 4.90 Å². The number of carbonyl (C=O) groups is 3. The average Bonchev–Trinajstić information content (AvgIpc) is 3.23. The van der Waals surface area contributed by atoms with Crippen LogP contribution in [0.1, 0.15) is 51.9 Å². The van der Waals surface area contributed by atoms with Crippen LogP contribution in [-0.2, 0) is 28.8 Å². The Morgan fingerprint density at radius 3 is 2.25 bits per heavy atom. The van der Waals surface area contributed by atoms with Crippen LogP contribution in [-0.4, -0.2) is 70.2 Å². The SMILES string of the molecule is C[C@H](CSC(=O)CCCCO[N+](=O)[O-])C(=O)N1CCC[C@H]1C(=O)OCCCCO[N+](=O)[O-]. The molecule has 2 atom stereocenters. The van der Waals surface area contributed by atoms with E-state index in [0.29, 0.717) is 45.1 Å². The number of thioether (sulfide) groups is 1. The molecule has 1 fully saturated rings. The van der Waals surface area contributed by atoms with Gasteiger partial charge in [-0.2, -0.15) is 0 Å². The van der Waals surface area contributed by atoms with Gasteiger partial charge in [-0.25, -0.2) is 4.79 Å². The summed E-state index contributed by atoms with van der Waals surface area (Å²) in [7, 11) is 0. The van der Waals surface area contributed by atoms with Crippen molar-refractivity contribution >= 4 is 28.8 Å². The van der Waals surface area contributed by atoms with Crippen LogP contribution in [0.2, 0.25) is 0 Å². The fourth-order valence-electron chi connectivity index (χ4n) is 3.04. The van der Waals surface area contributed by atoms with Gasteiger partial charge in [0.2, 0.25) is 5.91 Å². The maximum Gasteiger partial charge on any atom is 0.328 e. The third kappa shape index (κ3) is 11.1. The Hall–Kier alpha value is -2.64. The zero-order valence-corrected chi connectivity index (χ0v) is 18.8. The molecular weight excluding hydrogens is 450 g/mol. The molecule has 13 nitrogen and oxygen atoms in total. The van der Waals surface area contributed by atoms with Crippen LogP contribution in [0.3, 0.4) is 0 Å². The van der Waals surface area contributed by atoms with Gasteiger partial charge >= 0.3 is 5.97 Å².